The fourth-order valence-corrected chi connectivity index (χ4v) is 10.1. The summed E-state index contributed by atoms with van der Waals surface area (Å²) < 4.78 is 17.0. The second-order valence-electron chi connectivity index (χ2n) is 23.1. The van der Waals surface area contributed by atoms with Crippen LogP contribution in [-0.2, 0) is 28.6 Å². The smallest absolute Gasteiger partial charge is 0.306 e. The Morgan fingerprint density at radius 1 is 0.296 bits per heavy atom. The van der Waals surface area contributed by atoms with Crippen molar-refractivity contribution in [2.75, 3.05) is 13.2 Å². The third-order valence-electron chi connectivity index (χ3n) is 15.3. The Morgan fingerprint density at radius 2 is 0.535 bits per heavy atom. The van der Waals surface area contributed by atoms with Crippen LogP contribution in [0.4, 0.5) is 0 Å². The maximum Gasteiger partial charge on any atom is 0.306 e. The standard InChI is InChI=1S/C65H126O6/c1-6-8-9-10-11-12-13-14-25-32-37-42-47-52-57-65(68)71-62(59-70-64(67)56-51-46-41-36-31-27-22-21-23-28-33-38-43-48-53-60(3)4)58-69-63(66)55-50-45-40-35-30-26-20-18-16-15-17-19-24-29-34-39-44-49-54-61(5)7-2/h60-62H,6-59H2,1-5H3/t61?,62-/m0/s1. The Balaban J connectivity index is 4.24. The highest BCUT2D eigenvalue weighted by Crippen LogP contribution is 2.19. The highest BCUT2D eigenvalue weighted by Gasteiger charge is 2.19. The fraction of sp³-hybridized carbons (Fsp3) is 0.954. The largest absolute Gasteiger partial charge is 0.462 e. The van der Waals surface area contributed by atoms with E-state index in [0.29, 0.717) is 19.3 Å². The second-order valence-corrected chi connectivity index (χ2v) is 23.1. The zero-order valence-electron chi connectivity index (χ0n) is 48.9. The molecule has 0 aromatic carbocycles. The highest BCUT2D eigenvalue weighted by molar-refractivity contribution is 5.71. The third kappa shape index (κ3) is 57.5. The first-order valence-electron chi connectivity index (χ1n) is 32.3. The number of carbonyl (C=O) groups excluding carboxylic acids is 3. The number of ether oxygens (including phenoxy) is 3. The van der Waals surface area contributed by atoms with E-state index in [1.54, 1.807) is 0 Å². The van der Waals surface area contributed by atoms with Crippen molar-refractivity contribution in [2.24, 2.45) is 11.8 Å². The Kier molecular flexibility index (Phi) is 56.4. The predicted octanol–water partition coefficient (Wildman–Crippen LogP) is 21.6. The Hall–Kier alpha value is -1.59. The summed E-state index contributed by atoms with van der Waals surface area (Å²) in [5.41, 5.74) is 0. The molecule has 0 aliphatic heterocycles. The molecule has 0 aromatic heterocycles. The summed E-state index contributed by atoms with van der Waals surface area (Å²) in [6.07, 6.45) is 63.8. The Bertz CT molecular complexity index is 1090. The van der Waals surface area contributed by atoms with Gasteiger partial charge in [-0.1, -0.05) is 330 Å². The van der Waals surface area contributed by atoms with E-state index in [4.69, 9.17) is 14.2 Å². The van der Waals surface area contributed by atoms with Gasteiger partial charge in [0.1, 0.15) is 13.2 Å². The van der Waals surface area contributed by atoms with Gasteiger partial charge in [0.05, 0.1) is 0 Å². The van der Waals surface area contributed by atoms with Crippen LogP contribution in [0.2, 0.25) is 0 Å². The lowest BCUT2D eigenvalue weighted by atomic mass is 9.99. The van der Waals surface area contributed by atoms with E-state index in [1.165, 1.54) is 257 Å². The molecule has 0 amide bonds. The molecule has 422 valence electrons. The van der Waals surface area contributed by atoms with Gasteiger partial charge in [-0.2, -0.15) is 0 Å². The molecule has 6 nitrogen and oxygen atoms in total. The van der Waals surface area contributed by atoms with Crippen molar-refractivity contribution in [1.29, 1.82) is 0 Å². The first-order valence-corrected chi connectivity index (χ1v) is 32.3. The summed E-state index contributed by atoms with van der Waals surface area (Å²) in [5, 5.41) is 0. The van der Waals surface area contributed by atoms with Crippen LogP contribution in [0, 0.1) is 11.8 Å². The van der Waals surface area contributed by atoms with E-state index in [9.17, 15) is 14.4 Å². The fourth-order valence-electron chi connectivity index (χ4n) is 10.1. The number of hydrogen-bond donors (Lipinski definition) is 0. The average Bonchev–Trinajstić information content (AvgIpc) is 3.36. The van der Waals surface area contributed by atoms with Gasteiger partial charge in [0, 0.05) is 19.3 Å². The summed E-state index contributed by atoms with van der Waals surface area (Å²) in [7, 11) is 0. The number of esters is 3. The molecule has 0 aromatic rings. The minimum Gasteiger partial charge on any atom is -0.462 e. The minimum absolute atomic E-state index is 0.0617. The number of hydrogen-bond acceptors (Lipinski definition) is 6. The van der Waals surface area contributed by atoms with Crippen LogP contribution in [0.15, 0.2) is 0 Å². The van der Waals surface area contributed by atoms with Crippen molar-refractivity contribution in [1.82, 2.24) is 0 Å². The molecule has 0 aliphatic rings. The van der Waals surface area contributed by atoms with Gasteiger partial charge in [0.25, 0.3) is 0 Å². The lowest BCUT2D eigenvalue weighted by Crippen LogP contribution is -2.30. The molecule has 0 saturated heterocycles. The van der Waals surface area contributed by atoms with E-state index >= 15 is 0 Å². The quantitative estimate of drug-likeness (QED) is 0.0343. The van der Waals surface area contributed by atoms with Gasteiger partial charge in [0.15, 0.2) is 6.10 Å². The molecule has 0 radical (unpaired) electrons. The normalized spacial score (nSPS) is 12.4. The number of carbonyl (C=O) groups is 3. The zero-order chi connectivity index (χ0) is 51.8. The monoisotopic (exact) mass is 1000 g/mol. The molecule has 1 unspecified atom stereocenters. The van der Waals surface area contributed by atoms with Crippen molar-refractivity contribution in [3.63, 3.8) is 0 Å². The molecule has 0 fully saturated rings. The summed E-state index contributed by atoms with van der Waals surface area (Å²) >= 11 is 0. The van der Waals surface area contributed by atoms with Crippen LogP contribution in [0.3, 0.4) is 0 Å². The summed E-state index contributed by atoms with van der Waals surface area (Å²) in [6.45, 7) is 11.5. The van der Waals surface area contributed by atoms with E-state index in [1.807, 2.05) is 0 Å². The zero-order valence-corrected chi connectivity index (χ0v) is 48.9. The van der Waals surface area contributed by atoms with Crippen LogP contribution < -0.4 is 0 Å². The Labute approximate surface area is 444 Å². The van der Waals surface area contributed by atoms with Crippen LogP contribution >= 0.6 is 0 Å². The molecule has 0 saturated carbocycles. The summed E-state index contributed by atoms with van der Waals surface area (Å²) in [5.74, 6) is 0.924. The summed E-state index contributed by atoms with van der Waals surface area (Å²) in [4.78, 5) is 38.3. The molecule has 0 aliphatic carbocycles. The number of rotatable bonds is 59. The van der Waals surface area contributed by atoms with E-state index in [0.717, 1.165) is 69.6 Å². The van der Waals surface area contributed by atoms with Crippen LogP contribution in [0.1, 0.15) is 369 Å². The molecule has 0 bridgehead atoms. The topological polar surface area (TPSA) is 78.9 Å². The molecule has 71 heavy (non-hydrogen) atoms. The van der Waals surface area contributed by atoms with Crippen molar-refractivity contribution >= 4 is 17.9 Å². The SMILES string of the molecule is CCCCCCCCCCCCCCCCC(=O)O[C@@H](COC(=O)CCCCCCCCCCCCCCCCCCCCC(C)CC)COC(=O)CCCCCCCCCCCCCCCCC(C)C. The van der Waals surface area contributed by atoms with E-state index < -0.39 is 6.10 Å². The first kappa shape index (κ1) is 69.4. The lowest BCUT2D eigenvalue weighted by molar-refractivity contribution is -0.167. The lowest BCUT2D eigenvalue weighted by Gasteiger charge is -2.18. The van der Waals surface area contributed by atoms with Crippen molar-refractivity contribution in [2.45, 2.75) is 375 Å². The van der Waals surface area contributed by atoms with Crippen LogP contribution in [0.5, 0.6) is 0 Å². The second kappa shape index (κ2) is 57.7. The maximum absolute atomic E-state index is 12.9. The molecular weight excluding hydrogens is 877 g/mol. The third-order valence-corrected chi connectivity index (χ3v) is 15.3. The number of unbranched alkanes of at least 4 members (excludes halogenated alkanes) is 43. The molecule has 0 spiro atoms. The van der Waals surface area contributed by atoms with Gasteiger partial charge >= 0.3 is 17.9 Å². The molecule has 6 heteroatoms. The van der Waals surface area contributed by atoms with Gasteiger partial charge in [-0.05, 0) is 31.1 Å². The average molecular weight is 1000 g/mol. The van der Waals surface area contributed by atoms with Crippen LogP contribution in [-0.4, -0.2) is 37.2 Å². The Morgan fingerprint density at radius 3 is 0.803 bits per heavy atom. The molecule has 0 heterocycles. The first-order chi connectivity index (χ1) is 34.8. The van der Waals surface area contributed by atoms with Gasteiger partial charge in [-0.3, -0.25) is 14.4 Å². The van der Waals surface area contributed by atoms with E-state index in [-0.39, 0.29) is 31.1 Å². The van der Waals surface area contributed by atoms with Gasteiger partial charge in [0.2, 0.25) is 0 Å². The van der Waals surface area contributed by atoms with Gasteiger partial charge in [-0.25, -0.2) is 0 Å². The van der Waals surface area contributed by atoms with Gasteiger partial charge in [-0.15, -0.1) is 0 Å². The van der Waals surface area contributed by atoms with Crippen LogP contribution in [0.25, 0.3) is 0 Å². The minimum atomic E-state index is -0.763. The molecular formula is C65H126O6. The maximum atomic E-state index is 12.9. The van der Waals surface area contributed by atoms with Crippen molar-refractivity contribution in [3.05, 3.63) is 0 Å². The van der Waals surface area contributed by atoms with E-state index in [2.05, 4.69) is 34.6 Å². The summed E-state index contributed by atoms with van der Waals surface area (Å²) in [6, 6.07) is 0. The van der Waals surface area contributed by atoms with Crippen molar-refractivity contribution in [3.8, 4) is 0 Å². The van der Waals surface area contributed by atoms with Crippen molar-refractivity contribution < 1.29 is 28.6 Å². The molecule has 0 rings (SSSR count). The van der Waals surface area contributed by atoms with Gasteiger partial charge < -0.3 is 14.2 Å². The molecule has 0 N–H and O–H groups in total. The molecule has 2 atom stereocenters. The highest BCUT2D eigenvalue weighted by atomic mass is 16.6. The predicted molar refractivity (Wildman–Crippen MR) is 307 cm³/mol.